The van der Waals surface area contributed by atoms with Crippen molar-refractivity contribution in [1.82, 2.24) is 9.97 Å². The van der Waals surface area contributed by atoms with Gasteiger partial charge >= 0.3 is 5.97 Å². The first kappa shape index (κ1) is 13.8. The number of anilines is 1. The highest BCUT2D eigenvalue weighted by Gasteiger charge is 2.06. The fourth-order valence-corrected chi connectivity index (χ4v) is 1.79. The van der Waals surface area contributed by atoms with Gasteiger partial charge in [-0.25, -0.2) is 4.98 Å². The Hall–Kier alpha value is -2.63. The number of hydrogen-bond acceptors (Lipinski definition) is 3. The number of H-pyrrole nitrogens is 1. The van der Waals surface area contributed by atoms with Crippen LogP contribution in [0.4, 0.5) is 5.69 Å². The lowest BCUT2D eigenvalue weighted by molar-refractivity contribution is -0.137. The Morgan fingerprint density at radius 3 is 2.60 bits per heavy atom. The fraction of sp³-hybridized carbons (Fsp3) is 0.214. The number of imidazole rings is 1. The van der Waals surface area contributed by atoms with E-state index < -0.39 is 5.97 Å². The van der Waals surface area contributed by atoms with Crippen molar-refractivity contribution in [3.05, 3.63) is 36.2 Å². The van der Waals surface area contributed by atoms with Gasteiger partial charge in [0.25, 0.3) is 0 Å². The number of nitrogens with one attached hydrogen (secondary N) is 2. The summed E-state index contributed by atoms with van der Waals surface area (Å²) >= 11 is 0. The lowest BCUT2D eigenvalue weighted by Crippen LogP contribution is -2.05. The van der Waals surface area contributed by atoms with E-state index in [1.165, 1.54) is 6.92 Å². The topological polar surface area (TPSA) is 95.1 Å². The van der Waals surface area contributed by atoms with Crippen molar-refractivity contribution >= 4 is 17.6 Å². The van der Waals surface area contributed by atoms with Crippen LogP contribution in [0.15, 0.2) is 30.5 Å². The van der Waals surface area contributed by atoms with Crippen molar-refractivity contribution in [2.24, 2.45) is 0 Å². The summed E-state index contributed by atoms with van der Waals surface area (Å²) < 4.78 is 0. The molecule has 0 fully saturated rings. The number of hydrogen-bond donors (Lipinski definition) is 3. The highest BCUT2D eigenvalue weighted by Crippen LogP contribution is 2.19. The molecule has 0 aliphatic rings. The van der Waals surface area contributed by atoms with Crippen LogP contribution in [0.2, 0.25) is 0 Å². The van der Waals surface area contributed by atoms with Crippen molar-refractivity contribution in [1.29, 1.82) is 0 Å². The zero-order chi connectivity index (χ0) is 14.5. The molecule has 6 heteroatoms. The molecule has 1 aromatic carbocycles. The maximum Gasteiger partial charge on any atom is 0.303 e. The third kappa shape index (κ3) is 3.68. The molecule has 20 heavy (non-hydrogen) atoms. The number of carbonyl (C=O) groups excluding carboxylic acids is 1. The Bertz CT molecular complexity index is 617. The zero-order valence-corrected chi connectivity index (χ0v) is 11.0. The Balaban J connectivity index is 2.07. The van der Waals surface area contributed by atoms with Gasteiger partial charge in [0.1, 0.15) is 5.82 Å². The molecule has 2 rings (SSSR count). The molecule has 1 aromatic heterocycles. The molecule has 0 spiro atoms. The minimum Gasteiger partial charge on any atom is -0.481 e. The van der Waals surface area contributed by atoms with E-state index in [0.29, 0.717) is 12.2 Å². The summed E-state index contributed by atoms with van der Waals surface area (Å²) in [5.74, 6) is -0.271. The molecule has 0 saturated carbocycles. The monoisotopic (exact) mass is 273 g/mol. The number of benzene rings is 1. The predicted molar refractivity (Wildman–Crippen MR) is 74.3 cm³/mol. The molecular formula is C14H15N3O3. The molecule has 0 saturated heterocycles. The van der Waals surface area contributed by atoms with Crippen molar-refractivity contribution in [2.75, 3.05) is 5.32 Å². The third-order valence-corrected chi connectivity index (χ3v) is 2.72. The highest BCUT2D eigenvalue weighted by atomic mass is 16.4. The van der Waals surface area contributed by atoms with Crippen molar-refractivity contribution in [3.8, 4) is 11.4 Å². The molecular weight excluding hydrogens is 258 g/mol. The van der Waals surface area contributed by atoms with Crippen molar-refractivity contribution in [3.63, 3.8) is 0 Å². The number of carbonyl (C=O) groups is 2. The van der Waals surface area contributed by atoms with Crippen molar-refractivity contribution < 1.29 is 14.7 Å². The Morgan fingerprint density at radius 2 is 2.00 bits per heavy atom. The fourth-order valence-electron chi connectivity index (χ4n) is 1.79. The van der Waals surface area contributed by atoms with Crippen LogP contribution in [0.25, 0.3) is 11.4 Å². The molecule has 1 heterocycles. The molecule has 0 atom stereocenters. The summed E-state index contributed by atoms with van der Waals surface area (Å²) in [6, 6.07) is 7.25. The molecule has 104 valence electrons. The van der Waals surface area contributed by atoms with Crippen LogP contribution in [0, 0.1) is 0 Å². The minimum atomic E-state index is -0.833. The molecule has 1 amide bonds. The largest absolute Gasteiger partial charge is 0.481 e. The number of carboxylic acids is 1. The molecule has 0 unspecified atom stereocenters. The quantitative estimate of drug-likeness (QED) is 0.777. The average molecular weight is 273 g/mol. The second-order valence-electron chi connectivity index (χ2n) is 4.41. The van der Waals surface area contributed by atoms with Crippen LogP contribution in [-0.4, -0.2) is 27.0 Å². The van der Waals surface area contributed by atoms with Crippen LogP contribution >= 0.6 is 0 Å². The molecule has 0 aliphatic heterocycles. The standard InChI is InChI=1S/C14H15N3O3/c1-9(18)16-11-4-2-10(3-5-11)14-15-8-12(17-14)6-7-13(19)20/h2-5,8H,6-7H2,1H3,(H,15,17)(H,16,18)(H,19,20). The van der Waals surface area contributed by atoms with E-state index in [9.17, 15) is 9.59 Å². The van der Waals surface area contributed by atoms with E-state index >= 15 is 0 Å². The number of aliphatic carboxylic acids is 1. The number of aromatic nitrogens is 2. The summed E-state index contributed by atoms with van der Waals surface area (Å²) in [7, 11) is 0. The first-order valence-electron chi connectivity index (χ1n) is 6.18. The van der Waals surface area contributed by atoms with Gasteiger partial charge in [-0.3, -0.25) is 9.59 Å². The molecule has 0 aliphatic carbocycles. The van der Waals surface area contributed by atoms with Crippen molar-refractivity contribution in [2.45, 2.75) is 19.8 Å². The number of aryl methyl sites for hydroxylation is 1. The Kier molecular flexibility index (Phi) is 4.14. The second-order valence-corrected chi connectivity index (χ2v) is 4.41. The molecule has 0 radical (unpaired) electrons. The zero-order valence-electron chi connectivity index (χ0n) is 11.0. The minimum absolute atomic E-state index is 0.0725. The van der Waals surface area contributed by atoms with E-state index in [4.69, 9.17) is 5.11 Å². The normalized spacial score (nSPS) is 10.2. The summed E-state index contributed by atoms with van der Waals surface area (Å²) in [4.78, 5) is 28.7. The SMILES string of the molecule is CC(=O)Nc1ccc(-c2ncc(CCC(=O)O)[nH]2)cc1. The smallest absolute Gasteiger partial charge is 0.303 e. The number of aromatic amines is 1. The summed E-state index contributed by atoms with van der Waals surface area (Å²) in [6.07, 6.45) is 2.13. The van der Waals surface area contributed by atoms with Gasteiger partial charge in [-0.05, 0) is 30.7 Å². The van der Waals surface area contributed by atoms with Gasteiger partial charge in [0.2, 0.25) is 5.91 Å². The third-order valence-electron chi connectivity index (χ3n) is 2.72. The molecule has 6 nitrogen and oxygen atoms in total. The van der Waals surface area contributed by atoms with Gasteiger partial charge in [0.05, 0.1) is 6.42 Å². The van der Waals surface area contributed by atoms with Gasteiger partial charge < -0.3 is 15.4 Å². The lowest BCUT2D eigenvalue weighted by atomic mass is 10.2. The highest BCUT2D eigenvalue weighted by molar-refractivity contribution is 5.88. The van der Waals surface area contributed by atoms with E-state index in [1.54, 1.807) is 18.3 Å². The first-order chi connectivity index (χ1) is 9.54. The molecule has 0 bridgehead atoms. The summed E-state index contributed by atoms with van der Waals surface area (Å²) in [5.41, 5.74) is 2.38. The average Bonchev–Trinajstić information content (AvgIpc) is 2.85. The van der Waals surface area contributed by atoms with E-state index in [0.717, 1.165) is 16.9 Å². The van der Waals surface area contributed by atoms with E-state index in [2.05, 4.69) is 15.3 Å². The number of carboxylic acid groups (broad SMARTS) is 1. The van der Waals surface area contributed by atoms with Gasteiger partial charge in [0, 0.05) is 30.1 Å². The van der Waals surface area contributed by atoms with Crippen LogP contribution in [0.1, 0.15) is 19.0 Å². The van der Waals surface area contributed by atoms with Crippen LogP contribution in [0.5, 0.6) is 0 Å². The van der Waals surface area contributed by atoms with Gasteiger partial charge in [0.15, 0.2) is 0 Å². The van der Waals surface area contributed by atoms with Gasteiger partial charge in [-0.1, -0.05) is 0 Å². The Morgan fingerprint density at radius 1 is 1.30 bits per heavy atom. The maximum absolute atomic E-state index is 10.9. The van der Waals surface area contributed by atoms with Gasteiger partial charge in [-0.2, -0.15) is 0 Å². The molecule has 3 N–H and O–H groups in total. The van der Waals surface area contributed by atoms with Crippen LogP contribution in [0.3, 0.4) is 0 Å². The Labute approximate surface area is 115 Å². The lowest BCUT2D eigenvalue weighted by Gasteiger charge is -2.02. The van der Waals surface area contributed by atoms with E-state index in [1.807, 2.05) is 12.1 Å². The predicted octanol–water partition coefficient (Wildman–Crippen LogP) is 2.05. The van der Waals surface area contributed by atoms with Crippen LogP contribution in [-0.2, 0) is 16.0 Å². The summed E-state index contributed by atoms with van der Waals surface area (Å²) in [6.45, 7) is 1.45. The second kappa shape index (κ2) is 6.01. The number of amides is 1. The van der Waals surface area contributed by atoms with E-state index in [-0.39, 0.29) is 12.3 Å². The van der Waals surface area contributed by atoms with Gasteiger partial charge in [-0.15, -0.1) is 0 Å². The summed E-state index contributed by atoms with van der Waals surface area (Å²) in [5, 5.41) is 11.3. The molecule has 2 aromatic rings. The first-order valence-corrected chi connectivity index (χ1v) is 6.18. The maximum atomic E-state index is 10.9. The number of nitrogens with zero attached hydrogens (tertiary/aromatic N) is 1. The van der Waals surface area contributed by atoms with Crippen LogP contribution < -0.4 is 5.32 Å². The number of rotatable bonds is 5.